The van der Waals surface area contributed by atoms with Crippen LogP contribution < -0.4 is 5.32 Å². The Hall–Kier alpha value is -3.01. The Morgan fingerprint density at radius 1 is 1.21 bits per heavy atom. The van der Waals surface area contributed by atoms with E-state index in [-0.39, 0.29) is 36.0 Å². The molecule has 1 aliphatic rings. The van der Waals surface area contributed by atoms with Crippen LogP contribution in [0.3, 0.4) is 0 Å². The zero-order valence-electron chi connectivity index (χ0n) is 18.2. The Morgan fingerprint density at radius 3 is 2.52 bits per heavy atom. The fourth-order valence-corrected chi connectivity index (χ4v) is 4.18. The number of aromatic nitrogens is 2. The minimum atomic E-state index is -0.871. The Balaban J connectivity index is 1.56. The van der Waals surface area contributed by atoms with Crippen LogP contribution >= 0.6 is 11.6 Å². The van der Waals surface area contributed by atoms with Gasteiger partial charge in [-0.2, -0.15) is 0 Å². The number of rotatable bonds is 7. The maximum Gasteiger partial charge on any atom is 0.268 e. The lowest BCUT2D eigenvalue weighted by atomic mass is 10.0. The molecule has 1 aliphatic heterocycles. The quantitative estimate of drug-likeness (QED) is 0.513. The van der Waals surface area contributed by atoms with Crippen LogP contribution in [0.4, 0.5) is 4.39 Å². The highest BCUT2D eigenvalue weighted by molar-refractivity contribution is 6.30. The molecule has 0 spiro atoms. The minimum absolute atomic E-state index is 0.199. The molecule has 3 heterocycles. The van der Waals surface area contributed by atoms with Crippen molar-refractivity contribution in [1.82, 2.24) is 20.2 Å². The number of hydrogen-bond donors (Lipinski definition) is 2. The molecule has 2 N–H and O–H groups in total. The van der Waals surface area contributed by atoms with Gasteiger partial charge in [-0.25, -0.2) is 9.37 Å². The number of carbonyl (C=O) groups excluding carboxylic acids is 2. The van der Waals surface area contributed by atoms with Crippen LogP contribution in [0, 0.1) is 5.82 Å². The van der Waals surface area contributed by atoms with Gasteiger partial charge < -0.3 is 24.7 Å². The van der Waals surface area contributed by atoms with Crippen molar-refractivity contribution < 1.29 is 23.5 Å². The Kier molecular flexibility index (Phi) is 6.92. The molecule has 1 saturated heterocycles. The molecule has 0 bridgehead atoms. The third-order valence-corrected chi connectivity index (χ3v) is 6.01. The predicted molar refractivity (Wildman–Crippen MR) is 121 cm³/mol. The molecule has 1 fully saturated rings. The molecule has 3 aromatic rings. The van der Waals surface area contributed by atoms with E-state index >= 15 is 0 Å². The summed E-state index contributed by atoms with van der Waals surface area (Å²) in [6.45, 7) is 0.695. The van der Waals surface area contributed by atoms with E-state index in [4.69, 9.17) is 21.1 Å². The van der Waals surface area contributed by atoms with Gasteiger partial charge in [0.2, 0.25) is 5.91 Å². The molecular formula is C23H24ClFN4O4. The summed E-state index contributed by atoms with van der Waals surface area (Å²) in [5.41, 5.74) is 1.64. The second-order valence-corrected chi connectivity index (χ2v) is 8.31. The van der Waals surface area contributed by atoms with Crippen molar-refractivity contribution in [2.45, 2.75) is 24.7 Å². The number of benzene rings is 1. The van der Waals surface area contributed by atoms with Crippen LogP contribution in [0.15, 0.2) is 42.6 Å². The third kappa shape index (κ3) is 5.16. The molecule has 8 nitrogen and oxygen atoms in total. The zero-order valence-corrected chi connectivity index (χ0v) is 18.9. The van der Waals surface area contributed by atoms with Crippen LogP contribution in [0.2, 0.25) is 5.15 Å². The van der Waals surface area contributed by atoms with E-state index in [1.807, 2.05) is 0 Å². The zero-order chi connectivity index (χ0) is 23.5. The number of H-pyrrole nitrogens is 1. The van der Waals surface area contributed by atoms with Gasteiger partial charge >= 0.3 is 0 Å². The van der Waals surface area contributed by atoms with Crippen LogP contribution in [-0.4, -0.2) is 72.2 Å². The van der Waals surface area contributed by atoms with E-state index in [1.165, 1.54) is 18.3 Å². The van der Waals surface area contributed by atoms with Crippen molar-refractivity contribution in [2.75, 3.05) is 27.3 Å². The highest BCUT2D eigenvalue weighted by atomic mass is 35.5. The van der Waals surface area contributed by atoms with Gasteiger partial charge in [-0.05, 0) is 29.8 Å². The van der Waals surface area contributed by atoms with Crippen molar-refractivity contribution in [3.05, 3.63) is 64.8 Å². The highest BCUT2D eigenvalue weighted by Gasteiger charge is 2.38. The lowest BCUT2D eigenvalue weighted by Gasteiger charge is -2.24. The fourth-order valence-electron chi connectivity index (χ4n) is 4.02. The van der Waals surface area contributed by atoms with Gasteiger partial charge in [0.05, 0.1) is 11.7 Å². The van der Waals surface area contributed by atoms with Crippen LogP contribution in [-0.2, 0) is 20.7 Å². The molecule has 33 heavy (non-hydrogen) atoms. The summed E-state index contributed by atoms with van der Waals surface area (Å²) in [4.78, 5) is 35.1. The Morgan fingerprint density at radius 2 is 1.88 bits per heavy atom. The number of hydrogen-bond acceptors (Lipinski definition) is 5. The molecule has 1 aromatic carbocycles. The van der Waals surface area contributed by atoms with Gasteiger partial charge in [0, 0.05) is 39.1 Å². The van der Waals surface area contributed by atoms with Crippen molar-refractivity contribution in [3.63, 3.8) is 0 Å². The summed E-state index contributed by atoms with van der Waals surface area (Å²) in [5.74, 6) is -1.09. The van der Waals surface area contributed by atoms with Crippen molar-refractivity contribution in [3.8, 4) is 0 Å². The van der Waals surface area contributed by atoms with E-state index in [9.17, 15) is 14.0 Å². The number of aromatic amines is 1. The average molecular weight is 475 g/mol. The van der Waals surface area contributed by atoms with Crippen molar-refractivity contribution in [1.29, 1.82) is 0 Å². The number of carbonyl (C=O) groups is 2. The van der Waals surface area contributed by atoms with Crippen molar-refractivity contribution in [2.24, 2.45) is 0 Å². The largest absolute Gasteiger partial charge is 0.377 e. The van der Waals surface area contributed by atoms with E-state index in [2.05, 4.69) is 15.3 Å². The first-order valence-corrected chi connectivity index (χ1v) is 10.8. The number of fused-ring (bicyclic) bond motifs is 1. The van der Waals surface area contributed by atoms with Gasteiger partial charge in [0.1, 0.15) is 34.9 Å². The van der Waals surface area contributed by atoms with E-state index < -0.39 is 11.9 Å². The lowest BCUT2D eigenvalue weighted by molar-refractivity contribution is -0.132. The van der Waals surface area contributed by atoms with Gasteiger partial charge in [-0.3, -0.25) is 9.59 Å². The first-order valence-electron chi connectivity index (χ1n) is 10.4. The summed E-state index contributed by atoms with van der Waals surface area (Å²) in [6, 6.07) is 8.26. The highest BCUT2D eigenvalue weighted by Crippen LogP contribution is 2.20. The number of amides is 2. The van der Waals surface area contributed by atoms with Gasteiger partial charge in [-0.1, -0.05) is 23.7 Å². The average Bonchev–Trinajstić information content (AvgIpc) is 3.43. The molecular weight excluding hydrogens is 451 g/mol. The third-order valence-electron chi connectivity index (χ3n) is 5.81. The van der Waals surface area contributed by atoms with Crippen LogP contribution in [0.25, 0.3) is 10.9 Å². The van der Waals surface area contributed by atoms with Gasteiger partial charge in [0.15, 0.2) is 0 Å². The van der Waals surface area contributed by atoms with Crippen molar-refractivity contribution >= 4 is 34.3 Å². The summed E-state index contributed by atoms with van der Waals surface area (Å²) < 4.78 is 24.2. The maximum absolute atomic E-state index is 13.4. The number of ether oxygens (including phenoxy) is 2. The number of nitrogens with one attached hydrogen (secondary N) is 2. The number of halogens is 2. The Labute approximate surface area is 195 Å². The summed E-state index contributed by atoms with van der Waals surface area (Å²) in [5, 5.41) is 3.87. The fraction of sp³-hybridized carbons (Fsp3) is 0.348. The smallest absolute Gasteiger partial charge is 0.268 e. The van der Waals surface area contributed by atoms with E-state index in [1.54, 1.807) is 43.4 Å². The molecule has 3 atom stereocenters. The molecule has 0 radical (unpaired) electrons. The monoisotopic (exact) mass is 474 g/mol. The number of nitrogens with zero attached hydrogens (tertiary/aromatic N) is 2. The van der Waals surface area contributed by atoms with Crippen LogP contribution in [0.1, 0.15) is 16.1 Å². The number of likely N-dealkylation sites (tertiary alicyclic amines) is 1. The molecule has 174 valence electrons. The number of methoxy groups -OCH3 is 2. The first kappa shape index (κ1) is 23.2. The molecule has 1 unspecified atom stereocenters. The molecule has 10 heteroatoms. The van der Waals surface area contributed by atoms with Crippen LogP contribution in [0.5, 0.6) is 0 Å². The molecule has 0 saturated carbocycles. The summed E-state index contributed by atoms with van der Waals surface area (Å²) in [6.07, 6.45) is 1.22. The Bertz CT molecular complexity index is 1140. The lowest BCUT2D eigenvalue weighted by Crippen LogP contribution is -2.49. The summed E-state index contributed by atoms with van der Waals surface area (Å²) >= 11 is 5.93. The predicted octanol–water partition coefficient (Wildman–Crippen LogP) is 2.57. The molecule has 0 aliphatic carbocycles. The normalized spacial score (nSPS) is 19.1. The standard InChI is InChI=1S/C23H24ClFN4O4/c1-32-19-11-29(12-20(19)33-2)23(31)17(7-13-3-5-15(25)6-4-13)28-22(30)16-8-14-9-21(24)26-10-18(14)27-16/h3-6,8-10,17,19-20,27H,7,11-12H2,1-2H3,(H,28,30)/t17-,19-,20?/m0/s1. The molecule has 2 amide bonds. The summed E-state index contributed by atoms with van der Waals surface area (Å²) in [7, 11) is 3.14. The first-order chi connectivity index (χ1) is 15.9. The minimum Gasteiger partial charge on any atom is -0.377 e. The van der Waals surface area contributed by atoms with E-state index in [0.29, 0.717) is 29.3 Å². The molecule has 4 rings (SSSR count). The molecule has 2 aromatic heterocycles. The second-order valence-electron chi connectivity index (χ2n) is 7.93. The SMILES string of the molecule is COC1CN(C(=O)[C@H](Cc2ccc(F)cc2)NC(=O)c2cc3cc(Cl)ncc3[nH]2)C[C@@H]1OC. The van der Waals surface area contributed by atoms with Gasteiger partial charge in [0.25, 0.3) is 5.91 Å². The topological polar surface area (TPSA) is 96.5 Å². The maximum atomic E-state index is 13.4. The van der Waals surface area contributed by atoms with Gasteiger partial charge in [-0.15, -0.1) is 0 Å². The van der Waals surface area contributed by atoms with E-state index in [0.717, 1.165) is 5.39 Å². The second kappa shape index (κ2) is 9.86. The number of pyridine rings is 1.